The van der Waals surface area contributed by atoms with Crippen LogP contribution in [0.3, 0.4) is 0 Å². The Labute approximate surface area is 131 Å². The number of carbonyl (C=O) groups excluding carboxylic acids is 1. The summed E-state index contributed by atoms with van der Waals surface area (Å²) in [5.74, 6) is 1.07. The second-order valence-electron chi connectivity index (χ2n) is 4.17. The second kappa shape index (κ2) is 7.58. The molecule has 0 spiro atoms. The molecule has 1 heterocycles. The zero-order valence-corrected chi connectivity index (χ0v) is 13.1. The molecule has 21 heavy (non-hydrogen) atoms. The van der Waals surface area contributed by atoms with Crippen molar-refractivity contribution in [1.29, 1.82) is 0 Å². The number of nitrogens with one attached hydrogen (secondary N) is 2. The highest BCUT2D eigenvalue weighted by Crippen LogP contribution is 2.17. The third-order valence-corrected chi connectivity index (χ3v) is 3.13. The average molecular weight is 351 g/mol. The molecular formula is C14H15BrN4O2. The smallest absolute Gasteiger partial charge is 0.321 e. The van der Waals surface area contributed by atoms with Gasteiger partial charge in [0, 0.05) is 18.9 Å². The molecule has 110 valence electrons. The van der Waals surface area contributed by atoms with Gasteiger partial charge in [-0.05, 0) is 34.0 Å². The largest absolute Gasteiger partial charge is 0.496 e. The molecule has 0 aliphatic rings. The maximum Gasteiger partial charge on any atom is 0.321 e. The lowest BCUT2D eigenvalue weighted by molar-refractivity contribution is 0.252. The SMILES string of the molecule is COc1ccccc1CCNC(=O)Nc1ncc(Br)cn1. The molecule has 0 aliphatic carbocycles. The normalized spacial score (nSPS) is 10.0. The topological polar surface area (TPSA) is 76.1 Å². The lowest BCUT2D eigenvalue weighted by Gasteiger charge is -2.09. The van der Waals surface area contributed by atoms with Crippen LogP contribution >= 0.6 is 15.9 Å². The Morgan fingerprint density at radius 1 is 1.29 bits per heavy atom. The van der Waals surface area contributed by atoms with Crippen molar-refractivity contribution in [1.82, 2.24) is 15.3 Å². The van der Waals surface area contributed by atoms with E-state index in [1.165, 1.54) is 0 Å². The molecule has 0 fully saturated rings. The summed E-state index contributed by atoms with van der Waals surface area (Å²) in [6.45, 7) is 0.489. The molecular weight excluding hydrogens is 336 g/mol. The predicted molar refractivity (Wildman–Crippen MR) is 83.5 cm³/mol. The van der Waals surface area contributed by atoms with E-state index in [4.69, 9.17) is 4.74 Å². The van der Waals surface area contributed by atoms with Gasteiger partial charge in [0.1, 0.15) is 5.75 Å². The van der Waals surface area contributed by atoms with E-state index in [9.17, 15) is 4.79 Å². The number of para-hydroxylation sites is 1. The highest BCUT2D eigenvalue weighted by molar-refractivity contribution is 9.10. The first kappa shape index (κ1) is 15.2. The van der Waals surface area contributed by atoms with Crippen LogP contribution in [0.1, 0.15) is 5.56 Å². The molecule has 2 amide bonds. The first-order valence-corrected chi connectivity index (χ1v) is 7.12. The number of urea groups is 1. The van der Waals surface area contributed by atoms with Gasteiger partial charge in [-0.25, -0.2) is 14.8 Å². The zero-order chi connectivity index (χ0) is 15.1. The van der Waals surface area contributed by atoms with Gasteiger partial charge in [-0.3, -0.25) is 5.32 Å². The van der Waals surface area contributed by atoms with Crippen molar-refractivity contribution in [3.05, 3.63) is 46.7 Å². The second-order valence-corrected chi connectivity index (χ2v) is 5.08. The van der Waals surface area contributed by atoms with Crippen LogP contribution in [0.4, 0.5) is 10.7 Å². The fraction of sp³-hybridized carbons (Fsp3) is 0.214. The van der Waals surface area contributed by atoms with E-state index >= 15 is 0 Å². The van der Waals surface area contributed by atoms with E-state index in [0.717, 1.165) is 15.8 Å². The monoisotopic (exact) mass is 350 g/mol. The molecule has 0 bridgehead atoms. The molecule has 2 N–H and O–H groups in total. The molecule has 1 aromatic heterocycles. The summed E-state index contributed by atoms with van der Waals surface area (Å²) in [5, 5.41) is 5.31. The summed E-state index contributed by atoms with van der Waals surface area (Å²) in [6, 6.07) is 7.37. The summed E-state index contributed by atoms with van der Waals surface area (Å²) in [7, 11) is 1.63. The first-order valence-electron chi connectivity index (χ1n) is 6.33. The van der Waals surface area contributed by atoms with Crippen molar-refractivity contribution in [3.8, 4) is 5.75 Å². The number of hydrogen-bond donors (Lipinski definition) is 2. The zero-order valence-electron chi connectivity index (χ0n) is 11.5. The highest BCUT2D eigenvalue weighted by atomic mass is 79.9. The van der Waals surface area contributed by atoms with Crippen LogP contribution in [0.25, 0.3) is 0 Å². The van der Waals surface area contributed by atoms with Gasteiger partial charge in [0.15, 0.2) is 0 Å². The van der Waals surface area contributed by atoms with Crippen molar-refractivity contribution in [2.24, 2.45) is 0 Å². The third-order valence-electron chi connectivity index (χ3n) is 2.72. The van der Waals surface area contributed by atoms with E-state index in [2.05, 4.69) is 36.5 Å². The molecule has 0 atom stereocenters. The lowest BCUT2D eigenvalue weighted by atomic mass is 10.1. The summed E-state index contributed by atoms with van der Waals surface area (Å²) >= 11 is 3.23. The molecule has 0 saturated carbocycles. The van der Waals surface area contributed by atoms with Crippen LogP contribution in [-0.2, 0) is 6.42 Å². The van der Waals surface area contributed by atoms with Crippen LogP contribution in [0, 0.1) is 0 Å². The Hall–Kier alpha value is -2.15. The molecule has 0 saturated heterocycles. The van der Waals surface area contributed by atoms with E-state index in [-0.39, 0.29) is 12.0 Å². The van der Waals surface area contributed by atoms with Crippen molar-refractivity contribution in [2.75, 3.05) is 19.0 Å². The minimum atomic E-state index is -0.341. The molecule has 0 aliphatic heterocycles. The maximum atomic E-state index is 11.7. The van der Waals surface area contributed by atoms with Crippen LogP contribution < -0.4 is 15.4 Å². The molecule has 6 nitrogen and oxygen atoms in total. The standard InChI is InChI=1S/C14H15BrN4O2/c1-21-12-5-3-2-4-10(12)6-7-16-14(20)19-13-17-8-11(15)9-18-13/h2-5,8-9H,6-7H2,1H3,(H2,16,17,18,19,20). The van der Waals surface area contributed by atoms with E-state index < -0.39 is 0 Å². The number of anilines is 1. The predicted octanol–water partition coefficient (Wildman–Crippen LogP) is 2.61. The summed E-state index contributed by atoms with van der Waals surface area (Å²) in [5.41, 5.74) is 1.04. The number of methoxy groups -OCH3 is 1. The van der Waals surface area contributed by atoms with Gasteiger partial charge >= 0.3 is 6.03 Å². The Morgan fingerprint density at radius 2 is 2.00 bits per heavy atom. The Morgan fingerprint density at radius 3 is 2.71 bits per heavy atom. The summed E-state index contributed by atoms with van der Waals surface area (Å²) in [6.07, 6.45) is 3.81. The Bertz CT molecular complexity index is 604. The van der Waals surface area contributed by atoms with Crippen molar-refractivity contribution in [3.63, 3.8) is 0 Å². The third kappa shape index (κ3) is 4.71. The van der Waals surface area contributed by atoms with Crippen LogP contribution in [0.5, 0.6) is 5.75 Å². The van der Waals surface area contributed by atoms with Crippen LogP contribution in [0.15, 0.2) is 41.1 Å². The number of rotatable bonds is 5. The summed E-state index contributed by atoms with van der Waals surface area (Å²) < 4.78 is 6.01. The van der Waals surface area contributed by atoms with Gasteiger partial charge in [-0.2, -0.15) is 0 Å². The number of hydrogen-bond acceptors (Lipinski definition) is 4. The molecule has 0 unspecified atom stereocenters. The number of halogens is 1. The minimum absolute atomic E-state index is 0.257. The fourth-order valence-corrected chi connectivity index (χ4v) is 1.95. The van der Waals surface area contributed by atoms with Gasteiger partial charge in [0.2, 0.25) is 5.95 Å². The van der Waals surface area contributed by atoms with Gasteiger partial charge in [0.25, 0.3) is 0 Å². The minimum Gasteiger partial charge on any atom is -0.496 e. The molecule has 0 radical (unpaired) electrons. The van der Waals surface area contributed by atoms with E-state index in [1.807, 2.05) is 24.3 Å². The van der Waals surface area contributed by atoms with Crippen molar-refractivity contribution in [2.45, 2.75) is 6.42 Å². The molecule has 2 rings (SSSR count). The Kier molecular flexibility index (Phi) is 5.51. The van der Waals surface area contributed by atoms with Gasteiger partial charge in [-0.15, -0.1) is 0 Å². The van der Waals surface area contributed by atoms with E-state index in [1.54, 1.807) is 19.5 Å². The number of ether oxygens (including phenoxy) is 1. The first-order chi connectivity index (χ1) is 10.2. The maximum absolute atomic E-state index is 11.7. The number of aromatic nitrogens is 2. The Balaban J connectivity index is 1.80. The molecule has 1 aromatic carbocycles. The van der Waals surface area contributed by atoms with Gasteiger partial charge < -0.3 is 10.1 Å². The van der Waals surface area contributed by atoms with Crippen LogP contribution in [-0.4, -0.2) is 29.7 Å². The molecule has 7 heteroatoms. The van der Waals surface area contributed by atoms with Crippen molar-refractivity contribution < 1.29 is 9.53 Å². The van der Waals surface area contributed by atoms with Gasteiger partial charge in [0.05, 0.1) is 11.6 Å². The highest BCUT2D eigenvalue weighted by Gasteiger charge is 2.05. The fourth-order valence-electron chi connectivity index (χ4n) is 1.74. The number of nitrogens with zero attached hydrogens (tertiary/aromatic N) is 2. The molecule has 2 aromatic rings. The average Bonchev–Trinajstić information content (AvgIpc) is 2.50. The van der Waals surface area contributed by atoms with Crippen LogP contribution in [0.2, 0.25) is 0 Å². The quantitative estimate of drug-likeness (QED) is 0.868. The lowest BCUT2D eigenvalue weighted by Crippen LogP contribution is -2.31. The summed E-state index contributed by atoms with van der Waals surface area (Å²) in [4.78, 5) is 19.6. The van der Waals surface area contributed by atoms with E-state index in [0.29, 0.717) is 13.0 Å². The number of carbonyl (C=O) groups is 1. The number of benzene rings is 1. The van der Waals surface area contributed by atoms with Gasteiger partial charge in [-0.1, -0.05) is 18.2 Å². The number of amides is 2. The van der Waals surface area contributed by atoms with Crippen molar-refractivity contribution >= 4 is 27.9 Å².